The van der Waals surface area contributed by atoms with E-state index in [-0.39, 0.29) is 12.5 Å². The molecule has 0 spiro atoms. The third-order valence-electron chi connectivity index (χ3n) is 4.07. The Kier molecular flexibility index (Phi) is 8.04. The molecule has 0 aromatic heterocycles. The van der Waals surface area contributed by atoms with Gasteiger partial charge in [0.25, 0.3) is 0 Å². The number of ether oxygens (including phenoxy) is 2. The Morgan fingerprint density at radius 2 is 1.72 bits per heavy atom. The van der Waals surface area contributed by atoms with Crippen molar-refractivity contribution in [1.82, 2.24) is 4.83 Å². The van der Waals surface area contributed by atoms with Crippen LogP contribution in [0.15, 0.2) is 23.3 Å². The van der Waals surface area contributed by atoms with Gasteiger partial charge in [-0.05, 0) is 30.2 Å². The van der Waals surface area contributed by atoms with Crippen LogP contribution in [0, 0.1) is 0 Å². The van der Waals surface area contributed by atoms with Crippen LogP contribution < -0.4 is 14.3 Å². The third-order valence-corrected chi connectivity index (χ3v) is 5.28. The van der Waals surface area contributed by atoms with Gasteiger partial charge in [0, 0.05) is 0 Å². The SMILES string of the molecule is CCCCCCCCCCS(=O)(=O)NN=Cc1ccc2c(c1)OCO2. The van der Waals surface area contributed by atoms with Gasteiger partial charge in [-0.1, -0.05) is 51.9 Å². The number of fused-ring (bicyclic) bond motifs is 1. The van der Waals surface area contributed by atoms with Gasteiger partial charge >= 0.3 is 0 Å². The highest BCUT2D eigenvalue weighted by atomic mass is 32.2. The first kappa shape index (κ1) is 19.6. The highest BCUT2D eigenvalue weighted by Crippen LogP contribution is 2.31. The summed E-state index contributed by atoms with van der Waals surface area (Å²) in [4.78, 5) is 2.26. The van der Waals surface area contributed by atoms with Crippen LogP contribution in [0.4, 0.5) is 0 Å². The second-order valence-electron chi connectivity index (χ2n) is 6.26. The molecule has 0 fully saturated rings. The lowest BCUT2D eigenvalue weighted by Crippen LogP contribution is -2.21. The van der Waals surface area contributed by atoms with Crippen molar-refractivity contribution in [3.05, 3.63) is 23.8 Å². The van der Waals surface area contributed by atoms with Gasteiger partial charge in [-0.25, -0.2) is 13.2 Å². The number of hydrogen-bond donors (Lipinski definition) is 1. The smallest absolute Gasteiger partial charge is 0.247 e. The summed E-state index contributed by atoms with van der Waals surface area (Å²) in [6.07, 6.45) is 10.4. The molecule has 1 aliphatic heterocycles. The Bertz CT molecular complexity index is 659. The molecule has 25 heavy (non-hydrogen) atoms. The number of hydrogen-bond acceptors (Lipinski definition) is 5. The van der Waals surface area contributed by atoms with Gasteiger partial charge in [-0.3, -0.25) is 0 Å². The molecule has 0 radical (unpaired) electrons. The molecule has 7 heteroatoms. The van der Waals surface area contributed by atoms with Gasteiger partial charge in [0.2, 0.25) is 16.8 Å². The van der Waals surface area contributed by atoms with E-state index >= 15 is 0 Å². The summed E-state index contributed by atoms with van der Waals surface area (Å²) in [5, 5.41) is 3.83. The lowest BCUT2D eigenvalue weighted by atomic mass is 10.1. The molecular formula is C18H28N2O4S. The molecule has 140 valence electrons. The minimum absolute atomic E-state index is 0.112. The molecule has 0 bridgehead atoms. The van der Waals surface area contributed by atoms with E-state index in [1.165, 1.54) is 38.3 Å². The number of nitrogens with zero attached hydrogens (tertiary/aromatic N) is 1. The fourth-order valence-electron chi connectivity index (χ4n) is 2.65. The largest absolute Gasteiger partial charge is 0.454 e. The van der Waals surface area contributed by atoms with E-state index in [0.717, 1.165) is 18.4 Å². The molecule has 1 N–H and O–H groups in total. The fraction of sp³-hybridized carbons (Fsp3) is 0.611. The summed E-state index contributed by atoms with van der Waals surface area (Å²) in [7, 11) is -3.37. The summed E-state index contributed by atoms with van der Waals surface area (Å²) in [6.45, 7) is 2.41. The van der Waals surface area contributed by atoms with E-state index in [1.54, 1.807) is 18.2 Å². The van der Waals surface area contributed by atoms with Crippen molar-refractivity contribution in [2.24, 2.45) is 5.10 Å². The van der Waals surface area contributed by atoms with Crippen molar-refractivity contribution >= 4 is 16.2 Å². The van der Waals surface area contributed by atoms with Crippen LogP contribution in [0.5, 0.6) is 11.5 Å². The Labute approximate surface area is 150 Å². The van der Waals surface area contributed by atoms with E-state index in [1.807, 2.05) is 0 Å². The van der Waals surface area contributed by atoms with E-state index in [0.29, 0.717) is 17.9 Å². The van der Waals surface area contributed by atoms with Crippen molar-refractivity contribution in [3.8, 4) is 11.5 Å². The molecule has 1 aromatic carbocycles. The summed E-state index contributed by atoms with van der Waals surface area (Å²) in [5.74, 6) is 1.44. The zero-order chi connectivity index (χ0) is 18.0. The highest BCUT2D eigenvalue weighted by Gasteiger charge is 2.12. The predicted octanol–water partition coefficient (Wildman–Crippen LogP) is 3.81. The second kappa shape index (κ2) is 10.3. The molecular weight excluding hydrogens is 340 g/mol. The second-order valence-corrected chi connectivity index (χ2v) is 8.08. The average Bonchev–Trinajstić information content (AvgIpc) is 3.05. The Morgan fingerprint density at radius 1 is 1.04 bits per heavy atom. The number of sulfonamides is 1. The molecule has 0 unspecified atom stereocenters. The molecule has 0 amide bonds. The Morgan fingerprint density at radius 3 is 2.48 bits per heavy atom. The molecule has 0 aliphatic carbocycles. The van der Waals surface area contributed by atoms with Crippen LogP contribution in [0.1, 0.15) is 63.9 Å². The summed E-state index contributed by atoms with van der Waals surface area (Å²) < 4.78 is 34.3. The molecule has 6 nitrogen and oxygen atoms in total. The standard InChI is InChI=1S/C18H28N2O4S/c1-2-3-4-5-6-7-8-9-12-25(21,22)20-19-14-16-10-11-17-18(13-16)24-15-23-17/h10-11,13-14,20H,2-9,12,15H2,1H3. The first-order chi connectivity index (χ1) is 12.1. The normalized spacial score (nSPS) is 13.5. The number of hydrazone groups is 1. The average molecular weight is 368 g/mol. The molecule has 0 saturated heterocycles. The van der Waals surface area contributed by atoms with Crippen LogP contribution >= 0.6 is 0 Å². The summed E-state index contributed by atoms with van der Waals surface area (Å²) in [6, 6.07) is 5.33. The molecule has 0 saturated carbocycles. The molecule has 1 aliphatic rings. The Balaban J connectivity index is 1.64. The maximum absolute atomic E-state index is 11.9. The van der Waals surface area contributed by atoms with Crippen LogP contribution in [-0.2, 0) is 10.0 Å². The maximum Gasteiger partial charge on any atom is 0.247 e. The number of unbranched alkanes of at least 4 members (excludes halogenated alkanes) is 7. The van der Waals surface area contributed by atoms with Gasteiger partial charge in [-0.15, -0.1) is 0 Å². The van der Waals surface area contributed by atoms with Crippen molar-refractivity contribution in [1.29, 1.82) is 0 Å². The van der Waals surface area contributed by atoms with Gasteiger partial charge in [0.15, 0.2) is 11.5 Å². The zero-order valence-corrected chi connectivity index (χ0v) is 15.7. The van der Waals surface area contributed by atoms with Crippen LogP contribution in [0.3, 0.4) is 0 Å². The number of nitrogens with one attached hydrogen (secondary N) is 1. The quantitative estimate of drug-likeness (QED) is 0.346. The van der Waals surface area contributed by atoms with Gasteiger partial charge in [-0.2, -0.15) is 5.10 Å². The fourth-order valence-corrected chi connectivity index (χ4v) is 3.53. The molecule has 2 rings (SSSR count). The summed E-state index contributed by atoms with van der Waals surface area (Å²) in [5.41, 5.74) is 0.749. The molecule has 0 atom stereocenters. The van der Waals surface area contributed by atoms with Crippen LogP contribution in [0.2, 0.25) is 0 Å². The lowest BCUT2D eigenvalue weighted by molar-refractivity contribution is 0.174. The maximum atomic E-state index is 11.9. The van der Waals surface area contributed by atoms with Crippen molar-refractivity contribution in [2.75, 3.05) is 12.5 Å². The Hall–Kier alpha value is -1.76. The lowest BCUT2D eigenvalue weighted by Gasteiger charge is -2.04. The van der Waals surface area contributed by atoms with E-state index in [2.05, 4.69) is 16.9 Å². The number of rotatable bonds is 12. The van der Waals surface area contributed by atoms with Crippen LogP contribution in [-0.4, -0.2) is 27.2 Å². The topological polar surface area (TPSA) is 77.0 Å². The van der Waals surface area contributed by atoms with Crippen molar-refractivity contribution < 1.29 is 17.9 Å². The molecule has 1 heterocycles. The van der Waals surface area contributed by atoms with E-state index < -0.39 is 10.0 Å². The van der Waals surface area contributed by atoms with Crippen LogP contribution in [0.25, 0.3) is 0 Å². The zero-order valence-electron chi connectivity index (χ0n) is 14.9. The summed E-state index contributed by atoms with van der Waals surface area (Å²) >= 11 is 0. The van der Waals surface area contributed by atoms with E-state index in [9.17, 15) is 8.42 Å². The predicted molar refractivity (Wildman–Crippen MR) is 99.7 cm³/mol. The van der Waals surface area contributed by atoms with Gasteiger partial charge < -0.3 is 9.47 Å². The van der Waals surface area contributed by atoms with Gasteiger partial charge in [0.05, 0.1) is 12.0 Å². The van der Waals surface area contributed by atoms with Crippen molar-refractivity contribution in [2.45, 2.75) is 58.3 Å². The monoisotopic (exact) mass is 368 g/mol. The first-order valence-electron chi connectivity index (χ1n) is 9.03. The highest BCUT2D eigenvalue weighted by molar-refractivity contribution is 7.89. The minimum Gasteiger partial charge on any atom is -0.454 e. The minimum atomic E-state index is -3.37. The number of benzene rings is 1. The van der Waals surface area contributed by atoms with E-state index in [4.69, 9.17) is 9.47 Å². The first-order valence-corrected chi connectivity index (χ1v) is 10.7. The van der Waals surface area contributed by atoms with Crippen molar-refractivity contribution in [3.63, 3.8) is 0 Å². The van der Waals surface area contributed by atoms with Gasteiger partial charge in [0.1, 0.15) is 0 Å². The third kappa shape index (κ3) is 7.34. The molecule has 1 aromatic rings.